The first kappa shape index (κ1) is 13.6. The molecule has 0 spiro atoms. The van der Waals surface area contributed by atoms with Gasteiger partial charge in [-0.15, -0.1) is 0 Å². The van der Waals surface area contributed by atoms with E-state index in [0.717, 1.165) is 30.3 Å². The molecule has 0 aliphatic heterocycles. The molecule has 0 aliphatic rings. The molecule has 0 radical (unpaired) electrons. The number of carboxylic acid groups (broad SMARTS) is 1. The van der Waals surface area contributed by atoms with E-state index in [9.17, 15) is 15.0 Å². The molecule has 0 saturated carbocycles. The molecular formula is C15H19NO3. The molecule has 2 aromatic rings. The van der Waals surface area contributed by atoms with E-state index in [1.54, 1.807) is 19.1 Å². The molecule has 4 nitrogen and oxygen atoms in total. The summed E-state index contributed by atoms with van der Waals surface area (Å²) >= 11 is 0. The molecule has 19 heavy (non-hydrogen) atoms. The van der Waals surface area contributed by atoms with Crippen LogP contribution in [0.5, 0.6) is 0 Å². The Hall–Kier alpha value is -1.81. The molecule has 0 amide bonds. The molecule has 102 valence electrons. The number of unbranched alkanes of at least 4 members (excludes halogenated alkanes) is 1. The molecule has 0 fully saturated rings. The van der Waals surface area contributed by atoms with Gasteiger partial charge in [0.05, 0.1) is 17.2 Å². The van der Waals surface area contributed by atoms with Gasteiger partial charge >= 0.3 is 5.97 Å². The van der Waals surface area contributed by atoms with Crippen LogP contribution in [0, 0.1) is 0 Å². The average Bonchev–Trinajstić information content (AvgIpc) is 2.75. The molecule has 1 aromatic heterocycles. The second kappa shape index (κ2) is 5.45. The number of hydrogen-bond donors (Lipinski definition) is 2. The third-order valence-electron chi connectivity index (χ3n) is 3.36. The van der Waals surface area contributed by atoms with Crippen LogP contribution >= 0.6 is 0 Å². The van der Waals surface area contributed by atoms with Gasteiger partial charge in [0.1, 0.15) is 0 Å². The zero-order valence-electron chi connectivity index (χ0n) is 11.3. The van der Waals surface area contributed by atoms with Gasteiger partial charge in [-0.25, -0.2) is 4.79 Å². The number of fused-ring (bicyclic) bond motifs is 1. The zero-order chi connectivity index (χ0) is 14.0. The highest BCUT2D eigenvalue weighted by molar-refractivity contribution is 6.03. The fourth-order valence-corrected chi connectivity index (χ4v) is 2.40. The monoisotopic (exact) mass is 261 g/mol. The number of aliphatic hydroxyl groups excluding tert-OH is 1. The summed E-state index contributed by atoms with van der Waals surface area (Å²) in [6, 6.07) is 5.20. The zero-order valence-corrected chi connectivity index (χ0v) is 11.3. The van der Waals surface area contributed by atoms with Crippen molar-refractivity contribution in [2.75, 3.05) is 0 Å². The molecule has 0 bridgehead atoms. The lowest BCUT2D eigenvalue weighted by atomic mass is 10.1. The first-order valence-electron chi connectivity index (χ1n) is 6.59. The number of rotatable bonds is 5. The number of benzene rings is 1. The molecule has 2 rings (SSSR count). The molecule has 1 heterocycles. The number of nitrogens with zero attached hydrogens (tertiary/aromatic N) is 1. The molecule has 1 unspecified atom stereocenters. The molecule has 4 heteroatoms. The van der Waals surface area contributed by atoms with Crippen molar-refractivity contribution in [3.63, 3.8) is 0 Å². The van der Waals surface area contributed by atoms with Crippen molar-refractivity contribution in [1.29, 1.82) is 0 Å². The fourth-order valence-electron chi connectivity index (χ4n) is 2.40. The van der Waals surface area contributed by atoms with E-state index < -0.39 is 12.1 Å². The summed E-state index contributed by atoms with van der Waals surface area (Å²) < 4.78 is 1.95. The van der Waals surface area contributed by atoms with Crippen LogP contribution in [0.1, 0.15) is 48.7 Å². The summed E-state index contributed by atoms with van der Waals surface area (Å²) in [5.41, 5.74) is 1.79. The van der Waals surface area contributed by atoms with Crippen LogP contribution in [-0.4, -0.2) is 20.7 Å². The average molecular weight is 261 g/mol. The van der Waals surface area contributed by atoms with E-state index in [1.807, 2.05) is 16.8 Å². The predicted molar refractivity (Wildman–Crippen MR) is 74.4 cm³/mol. The maximum Gasteiger partial charge on any atom is 0.337 e. The minimum atomic E-state index is -0.932. The Morgan fingerprint density at radius 2 is 2.16 bits per heavy atom. The fraction of sp³-hybridized carbons (Fsp3) is 0.400. The van der Waals surface area contributed by atoms with Crippen molar-refractivity contribution < 1.29 is 15.0 Å². The summed E-state index contributed by atoms with van der Waals surface area (Å²) in [5, 5.41) is 20.0. The Balaban J connectivity index is 2.68. The quantitative estimate of drug-likeness (QED) is 0.868. The van der Waals surface area contributed by atoms with Gasteiger partial charge in [0, 0.05) is 23.7 Å². The van der Waals surface area contributed by atoms with Gasteiger partial charge in [-0.05, 0) is 19.4 Å². The lowest BCUT2D eigenvalue weighted by Gasteiger charge is -2.06. The van der Waals surface area contributed by atoms with E-state index in [0.29, 0.717) is 11.1 Å². The smallest absolute Gasteiger partial charge is 0.337 e. The van der Waals surface area contributed by atoms with Crippen molar-refractivity contribution in [1.82, 2.24) is 4.57 Å². The minimum Gasteiger partial charge on any atom is -0.478 e. The molecule has 1 aromatic carbocycles. The number of hydrogen-bond acceptors (Lipinski definition) is 2. The third-order valence-corrected chi connectivity index (χ3v) is 3.36. The van der Waals surface area contributed by atoms with Gasteiger partial charge in [-0.2, -0.15) is 0 Å². The first-order valence-corrected chi connectivity index (χ1v) is 6.59. The Morgan fingerprint density at radius 3 is 2.74 bits per heavy atom. The maximum absolute atomic E-state index is 11.3. The SMILES string of the molecule is CCCCn1cc(C(C)O)c2cccc(C(=O)O)c21. The van der Waals surface area contributed by atoms with E-state index in [4.69, 9.17) is 0 Å². The summed E-state index contributed by atoms with van der Waals surface area (Å²) in [4.78, 5) is 11.3. The van der Waals surface area contributed by atoms with E-state index in [1.165, 1.54) is 0 Å². The summed E-state index contributed by atoms with van der Waals surface area (Å²) in [5.74, 6) is -0.932. The van der Waals surface area contributed by atoms with Crippen molar-refractivity contribution >= 4 is 16.9 Å². The number of carbonyl (C=O) groups is 1. The van der Waals surface area contributed by atoms with Crippen molar-refractivity contribution in [2.45, 2.75) is 39.3 Å². The summed E-state index contributed by atoms with van der Waals surface area (Å²) in [6.07, 6.45) is 3.29. The highest BCUT2D eigenvalue weighted by atomic mass is 16.4. The topological polar surface area (TPSA) is 62.5 Å². The lowest BCUT2D eigenvalue weighted by molar-refractivity contribution is 0.0698. The number of aryl methyl sites for hydroxylation is 1. The van der Waals surface area contributed by atoms with E-state index in [-0.39, 0.29) is 0 Å². The van der Waals surface area contributed by atoms with Gasteiger partial charge in [0.25, 0.3) is 0 Å². The Bertz CT molecular complexity index is 599. The molecule has 1 atom stereocenters. The second-order valence-electron chi connectivity index (χ2n) is 4.81. The molecule has 0 aliphatic carbocycles. The normalized spacial score (nSPS) is 12.8. The van der Waals surface area contributed by atoms with E-state index in [2.05, 4.69) is 6.92 Å². The van der Waals surface area contributed by atoms with Gasteiger partial charge in [-0.1, -0.05) is 25.5 Å². The largest absolute Gasteiger partial charge is 0.478 e. The summed E-state index contributed by atoms with van der Waals surface area (Å²) in [7, 11) is 0. The van der Waals surface area contributed by atoms with Crippen molar-refractivity contribution in [2.24, 2.45) is 0 Å². The predicted octanol–water partition coefficient (Wildman–Crippen LogP) is 3.19. The standard InChI is InChI=1S/C15H19NO3/c1-3-4-8-16-9-13(10(2)17)11-6-5-7-12(14(11)16)15(18)19/h5-7,9-10,17H,3-4,8H2,1-2H3,(H,18,19). The van der Waals surface area contributed by atoms with Gasteiger partial charge in [0.2, 0.25) is 0 Å². The summed E-state index contributed by atoms with van der Waals surface area (Å²) in [6.45, 7) is 4.57. The Morgan fingerprint density at radius 1 is 1.42 bits per heavy atom. The number of carboxylic acids is 1. The molecule has 2 N–H and O–H groups in total. The van der Waals surface area contributed by atoms with Crippen molar-refractivity contribution in [3.8, 4) is 0 Å². The highest BCUT2D eigenvalue weighted by Gasteiger charge is 2.17. The number of aliphatic hydroxyl groups is 1. The maximum atomic E-state index is 11.3. The van der Waals surface area contributed by atoms with Gasteiger partial charge < -0.3 is 14.8 Å². The lowest BCUT2D eigenvalue weighted by Crippen LogP contribution is -2.03. The van der Waals surface area contributed by atoms with Gasteiger partial charge in [-0.3, -0.25) is 0 Å². The van der Waals surface area contributed by atoms with Gasteiger partial charge in [0.15, 0.2) is 0 Å². The van der Waals surface area contributed by atoms with Crippen LogP contribution in [0.25, 0.3) is 10.9 Å². The Kier molecular flexibility index (Phi) is 3.90. The number of aromatic nitrogens is 1. The third kappa shape index (κ3) is 2.49. The molecular weight excluding hydrogens is 242 g/mol. The Labute approximate surface area is 112 Å². The van der Waals surface area contributed by atoms with Crippen LogP contribution < -0.4 is 0 Å². The van der Waals surface area contributed by atoms with Crippen LogP contribution in [0.4, 0.5) is 0 Å². The van der Waals surface area contributed by atoms with E-state index >= 15 is 0 Å². The minimum absolute atomic E-state index is 0.292. The van der Waals surface area contributed by atoms with Crippen LogP contribution in [-0.2, 0) is 6.54 Å². The van der Waals surface area contributed by atoms with Crippen molar-refractivity contribution in [3.05, 3.63) is 35.5 Å². The van der Waals surface area contributed by atoms with Crippen LogP contribution in [0.3, 0.4) is 0 Å². The first-order chi connectivity index (χ1) is 9.06. The molecule has 0 saturated heterocycles. The van der Waals surface area contributed by atoms with Crippen LogP contribution in [0.15, 0.2) is 24.4 Å². The number of aromatic carboxylic acids is 1. The number of para-hydroxylation sites is 1. The highest BCUT2D eigenvalue weighted by Crippen LogP contribution is 2.29. The second-order valence-corrected chi connectivity index (χ2v) is 4.81. The van der Waals surface area contributed by atoms with Crippen LogP contribution in [0.2, 0.25) is 0 Å².